The molecule has 0 aliphatic carbocycles. The van der Waals surface area contributed by atoms with Crippen molar-refractivity contribution in [3.63, 3.8) is 0 Å². The van der Waals surface area contributed by atoms with Gasteiger partial charge in [-0.25, -0.2) is 4.79 Å². The van der Waals surface area contributed by atoms with Crippen molar-refractivity contribution in [3.8, 4) is 0 Å². The Kier molecular flexibility index (Phi) is 5.41. The zero-order chi connectivity index (χ0) is 14.4. The third-order valence-corrected chi connectivity index (χ3v) is 3.86. The SMILES string of the molecule is CCCC[C@H]1CNCCN1c1ccc(C(=O)OC)cc1. The van der Waals surface area contributed by atoms with Crippen LogP contribution < -0.4 is 10.2 Å². The first kappa shape index (κ1) is 14.9. The molecule has 0 saturated carbocycles. The number of esters is 1. The summed E-state index contributed by atoms with van der Waals surface area (Å²) in [6, 6.07) is 8.29. The van der Waals surface area contributed by atoms with Crippen LogP contribution in [0.3, 0.4) is 0 Å². The number of unbranched alkanes of at least 4 members (excludes halogenated alkanes) is 1. The molecule has 1 saturated heterocycles. The molecule has 4 nitrogen and oxygen atoms in total. The van der Waals surface area contributed by atoms with Crippen molar-refractivity contribution >= 4 is 11.7 Å². The van der Waals surface area contributed by atoms with E-state index in [-0.39, 0.29) is 5.97 Å². The lowest BCUT2D eigenvalue weighted by Gasteiger charge is -2.38. The average molecular weight is 276 g/mol. The van der Waals surface area contributed by atoms with Gasteiger partial charge < -0.3 is 15.0 Å². The van der Waals surface area contributed by atoms with Gasteiger partial charge in [0.15, 0.2) is 0 Å². The molecule has 1 aliphatic heterocycles. The van der Waals surface area contributed by atoms with Crippen molar-refractivity contribution in [3.05, 3.63) is 29.8 Å². The molecule has 20 heavy (non-hydrogen) atoms. The van der Waals surface area contributed by atoms with Crippen molar-refractivity contribution in [2.24, 2.45) is 0 Å². The molecule has 0 aromatic heterocycles. The largest absolute Gasteiger partial charge is 0.465 e. The summed E-state index contributed by atoms with van der Waals surface area (Å²) in [4.78, 5) is 13.9. The topological polar surface area (TPSA) is 41.6 Å². The Morgan fingerprint density at radius 1 is 1.40 bits per heavy atom. The lowest BCUT2D eigenvalue weighted by atomic mass is 10.0. The summed E-state index contributed by atoms with van der Waals surface area (Å²) in [6.45, 7) is 5.30. The van der Waals surface area contributed by atoms with Crippen LogP contribution in [0.25, 0.3) is 0 Å². The molecule has 0 spiro atoms. The van der Waals surface area contributed by atoms with Gasteiger partial charge in [-0.1, -0.05) is 19.8 Å². The zero-order valence-corrected chi connectivity index (χ0v) is 12.4. The van der Waals surface area contributed by atoms with Gasteiger partial charge in [-0.3, -0.25) is 0 Å². The van der Waals surface area contributed by atoms with Gasteiger partial charge in [0, 0.05) is 31.4 Å². The van der Waals surface area contributed by atoms with Gasteiger partial charge in [0.1, 0.15) is 0 Å². The number of nitrogens with zero attached hydrogens (tertiary/aromatic N) is 1. The Bertz CT molecular complexity index is 431. The van der Waals surface area contributed by atoms with Gasteiger partial charge in [-0.2, -0.15) is 0 Å². The van der Waals surface area contributed by atoms with Crippen LogP contribution in [0.2, 0.25) is 0 Å². The molecule has 1 N–H and O–H groups in total. The number of nitrogens with one attached hydrogen (secondary N) is 1. The normalized spacial score (nSPS) is 18.9. The number of carbonyl (C=O) groups excluding carboxylic acids is 1. The molecule has 1 atom stereocenters. The Morgan fingerprint density at radius 3 is 2.80 bits per heavy atom. The van der Waals surface area contributed by atoms with Crippen LogP contribution in [-0.4, -0.2) is 38.8 Å². The maximum Gasteiger partial charge on any atom is 0.337 e. The predicted octanol–water partition coefficient (Wildman–Crippen LogP) is 2.44. The van der Waals surface area contributed by atoms with Gasteiger partial charge in [-0.05, 0) is 30.7 Å². The summed E-state index contributed by atoms with van der Waals surface area (Å²) in [5, 5.41) is 3.47. The van der Waals surface area contributed by atoms with Crippen molar-refractivity contribution in [2.75, 3.05) is 31.6 Å². The monoisotopic (exact) mass is 276 g/mol. The van der Waals surface area contributed by atoms with E-state index in [9.17, 15) is 4.79 Å². The second-order valence-electron chi connectivity index (χ2n) is 5.23. The second kappa shape index (κ2) is 7.29. The fourth-order valence-corrected chi connectivity index (χ4v) is 2.71. The minimum atomic E-state index is -0.278. The Labute approximate surface area is 121 Å². The van der Waals surface area contributed by atoms with Crippen LogP contribution in [0, 0.1) is 0 Å². The minimum absolute atomic E-state index is 0.278. The second-order valence-corrected chi connectivity index (χ2v) is 5.23. The maximum atomic E-state index is 11.5. The van der Waals surface area contributed by atoms with Crippen molar-refractivity contribution in [1.82, 2.24) is 5.32 Å². The summed E-state index contributed by atoms with van der Waals surface area (Å²) in [5.41, 5.74) is 1.80. The Hall–Kier alpha value is -1.55. The quantitative estimate of drug-likeness (QED) is 0.839. The van der Waals surface area contributed by atoms with Crippen LogP contribution in [-0.2, 0) is 4.74 Å². The van der Waals surface area contributed by atoms with Crippen molar-refractivity contribution in [1.29, 1.82) is 0 Å². The Morgan fingerprint density at radius 2 is 2.15 bits per heavy atom. The highest BCUT2D eigenvalue weighted by atomic mass is 16.5. The summed E-state index contributed by atoms with van der Waals surface area (Å²) < 4.78 is 4.73. The number of methoxy groups -OCH3 is 1. The third kappa shape index (κ3) is 3.51. The zero-order valence-electron chi connectivity index (χ0n) is 12.4. The van der Waals surface area contributed by atoms with E-state index in [1.165, 1.54) is 32.1 Å². The van der Waals surface area contributed by atoms with Gasteiger partial charge in [-0.15, -0.1) is 0 Å². The first-order valence-electron chi connectivity index (χ1n) is 7.42. The highest BCUT2D eigenvalue weighted by molar-refractivity contribution is 5.89. The predicted molar refractivity (Wildman–Crippen MR) is 81.3 cm³/mol. The molecule has 2 rings (SSSR count). The van der Waals surface area contributed by atoms with E-state index >= 15 is 0 Å². The number of anilines is 1. The molecule has 1 fully saturated rings. The molecule has 0 amide bonds. The van der Waals surface area contributed by atoms with E-state index in [1.807, 2.05) is 24.3 Å². The molecular formula is C16H24N2O2. The standard InChI is InChI=1S/C16H24N2O2/c1-3-4-5-15-12-17-10-11-18(15)14-8-6-13(7-9-14)16(19)20-2/h6-9,15,17H,3-5,10-12H2,1-2H3/t15-/m0/s1. The van der Waals surface area contributed by atoms with Crippen LogP contribution >= 0.6 is 0 Å². The number of piperazine rings is 1. The van der Waals surface area contributed by atoms with Crippen LogP contribution in [0.1, 0.15) is 36.5 Å². The average Bonchev–Trinajstić information content (AvgIpc) is 2.52. The molecule has 1 aromatic carbocycles. The lowest BCUT2D eigenvalue weighted by Crippen LogP contribution is -2.51. The third-order valence-electron chi connectivity index (χ3n) is 3.86. The molecule has 0 bridgehead atoms. The van der Waals surface area contributed by atoms with Gasteiger partial charge in [0.2, 0.25) is 0 Å². The van der Waals surface area contributed by atoms with Gasteiger partial charge in [0.25, 0.3) is 0 Å². The van der Waals surface area contributed by atoms with Gasteiger partial charge >= 0.3 is 5.97 Å². The maximum absolute atomic E-state index is 11.5. The highest BCUT2D eigenvalue weighted by Crippen LogP contribution is 2.22. The molecule has 1 aliphatic rings. The van der Waals surface area contributed by atoms with E-state index in [2.05, 4.69) is 17.1 Å². The number of rotatable bonds is 5. The van der Waals surface area contributed by atoms with Crippen LogP contribution in [0.4, 0.5) is 5.69 Å². The summed E-state index contributed by atoms with van der Waals surface area (Å²) in [5.74, 6) is -0.278. The lowest BCUT2D eigenvalue weighted by molar-refractivity contribution is 0.0601. The summed E-state index contributed by atoms with van der Waals surface area (Å²) >= 11 is 0. The fourth-order valence-electron chi connectivity index (χ4n) is 2.71. The molecule has 1 heterocycles. The molecule has 1 aromatic rings. The molecular weight excluding hydrogens is 252 g/mol. The van der Waals surface area contributed by atoms with E-state index in [0.29, 0.717) is 11.6 Å². The fraction of sp³-hybridized carbons (Fsp3) is 0.562. The highest BCUT2D eigenvalue weighted by Gasteiger charge is 2.22. The van der Waals surface area contributed by atoms with E-state index < -0.39 is 0 Å². The molecule has 4 heteroatoms. The number of carbonyl (C=O) groups is 1. The first-order chi connectivity index (χ1) is 9.76. The van der Waals surface area contributed by atoms with E-state index in [1.54, 1.807) is 0 Å². The number of benzene rings is 1. The minimum Gasteiger partial charge on any atom is -0.465 e. The Balaban J connectivity index is 2.09. The van der Waals surface area contributed by atoms with E-state index in [0.717, 1.165) is 19.6 Å². The summed E-state index contributed by atoms with van der Waals surface area (Å²) in [6.07, 6.45) is 3.69. The molecule has 0 radical (unpaired) electrons. The van der Waals surface area contributed by atoms with Crippen LogP contribution in [0.15, 0.2) is 24.3 Å². The molecule has 0 unspecified atom stereocenters. The van der Waals surface area contributed by atoms with E-state index in [4.69, 9.17) is 4.74 Å². The van der Waals surface area contributed by atoms with Crippen LogP contribution in [0.5, 0.6) is 0 Å². The number of hydrogen-bond acceptors (Lipinski definition) is 4. The summed E-state index contributed by atoms with van der Waals surface area (Å²) in [7, 11) is 1.41. The van der Waals surface area contributed by atoms with Gasteiger partial charge in [0.05, 0.1) is 12.7 Å². The first-order valence-corrected chi connectivity index (χ1v) is 7.42. The molecule has 110 valence electrons. The number of ether oxygens (including phenoxy) is 1. The van der Waals surface area contributed by atoms with Crippen molar-refractivity contribution in [2.45, 2.75) is 32.2 Å². The van der Waals surface area contributed by atoms with Crippen molar-refractivity contribution < 1.29 is 9.53 Å². The smallest absolute Gasteiger partial charge is 0.337 e. The number of hydrogen-bond donors (Lipinski definition) is 1.